The average molecular weight is 1150 g/mol. The van der Waals surface area contributed by atoms with E-state index in [0.29, 0.717) is 43.8 Å². The highest BCUT2D eigenvalue weighted by Crippen LogP contribution is 2.20. The number of aliphatic carboxylic acids is 4. The fraction of sp³-hybridized carbons (Fsp3) is 0.491. The van der Waals surface area contributed by atoms with E-state index in [1.165, 1.54) is 24.0 Å². The molecule has 0 aliphatic rings. The number of nitrogens with one attached hydrogen (secondary N) is 6. The summed E-state index contributed by atoms with van der Waals surface area (Å²) in [7, 11) is 0. The second-order valence-electron chi connectivity index (χ2n) is 19.0. The van der Waals surface area contributed by atoms with Gasteiger partial charge in [-0.25, -0.2) is 0 Å². The van der Waals surface area contributed by atoms with Crippen LogP contribution in [0.2, 0.25) is 0 Å². The summed E-state index contributed by atoms with van der Waals surface area (Å²) in [6, 6.07) is 14.2. The Morgan fingerprint density at radius 1 is 0.500 bits per heavy atom. The molecule has 0 radical (unpaired) electrons. The summed E-state index contributed by atoms with van der Waals surface area (Å²) in [5, 5.41) is 50.8. The van der Waals surface area contributed by atoms with Gasteiger partial charge in [0.25, 0.3) is 12.9 Å². The number of nitrogens with zero attached hydrogens (tertiary/aromatic N) is 6. The van der Waals surface area contributed by atoms with Crippen LogP contribution in [0.1, 0.15) is 31.4 Å². The van der Waals surface area contributed by atoms with Crippen molar-refractivity contribution in [1.29, 1.82) is 0 Å². The zero-order valence-electron chi connectivity index (χ0n) is 46.6. The molecule has 0 saturated heterocycles. The van der Waals surface area contributed by atoms with Crippen LogP contribution in [0.5, 0.6) is 0 Å². The Kier molecular flexibility index (Phi) is 30.5. The molecule has 450 valence electrons. The highest BCUT2D eigenvalue weighted by Gasteiger charge is 2.20. The molecule has 0 atom stereocenters. The van der Waals surface area contributed by atoms with Crippen molar-refractivity contribution in [3.05, 3.63) is 80.4 Å². The first-order valence-electron chi connectivity index (χ1n) is 26.2. The fourth-order valence-electron chi connectivity index (χ4n) is 8.37. The molecule has 2 aromatic heterocycles. The van der Waals surface area contributed by atoms with Gasteiger partial charge in [-0.1, -0.05) is 19.1 Å². The quantitative estimate of drug-likeness (QED) is 0.0190. The number of benzene rings is 2. The number of anilines is 2. The lowest BCUT2D eigenvalue weighted by atomic mass is 10.1. The number of carbonyl (C=O) groups excluding carboxylic acids is 5. The zero-order chi connectivity index (χ0) is 60.6. The van der Waals surface area contributed by atoms with Crippen molar-refractivity contribution in [2.75, 3.05) is 149 Å². The normalized spacial score (nSPS) is 11.2. The Morgan fingerprint density at radius 3 is 1.21 bits per heavy atom. The van der Waals surface area contributed by atoms with Gasteiger partial charge in [-0.2, -0.15) is 0 Å². The van der Waals surface area contributed by atoms with Crippen LogP contribution in [-0.2, 0) is 52.6 Å². The van der Waals surface area contributed by atoms with Gasteiger partial charge in [0.15, 0.2) is 0 Å². The van der Waals surface area contributed by atoms with Crippen molar-refractivity contribution in [3.63, 3.8) is 0 Å². The number of ketones is 1. The number of Topliss-reactive ketones (excluding diaryl/α,β-unsaturated/α-hetero) is 1. The maximum atomic E-state index is 12.3. The molecule has 2 amide bonds. The van der Waals surface area contributed by atoms with Crippen LogP contribution >= 0.6 is 0 Å². The van der Waals surface area contributed by atoms with E-state index in [1.54, 1.807) is 37.5 Å². The molecule has 0 spiro atoms. The van der Waals surface area contributed by atoms with E-state index in [2.05, 4.69) is 31.2 Å². The van der Waals surface area contributed by atoms with Crippen LogP contribution in [0.3, 0.4) is 0 Å². The first kappa shape index (κ1) is 67.9. The second-order valence-corrected chi connectivity index (χ2v) is 19.0. The summed E-state index contributed by atoms with van der Waals surface area (Å²) < 4.78 is 9.52. The number of fused-ring (bicyclic) bond motifs is 2. The molecule has 10 N–H and O–H groups in total. The van der Waals surface area contributed by atoms with Crippen molar-refractivity contribution >= 4 is 87.6 Å². The minimum Gasteiger partial charge on any atom is -0.480 e. The zero-order valence-corrected chi connectivity index (χ0v) is 46.6. The van der Waals surface area contributed by atoms with Gasteiger partial charge in [0.1, 0.15) is 19.2 Å². The lowest BCUT2D eigenvalue weighted by molar-refractivity contribution is -0.140. The number of H-pyrrole nitrogens is 2. The van der Waals surface area contributed by atoms with Gasteiger partial charge in [-0.15, -0.1) is 0 Å². The van der Waals surface area contributed by atoms with Gasteiger partial charge >= 0.3 is 23.9 Å². The number of hydrogen-bond donors (Lipinski definition) is 10. The molecule has 29 heteroatoms. The minimum absolute atomic E-state index is 0.0494. The first-order chi connectivity index (χ1) is 39.1. The van der Waals surface area contributed by atoms with Gasteiger partial charge < -0.3 is 61.1 Å². The number of carboxylic acids is 4. The number of pyridine rings is 2. The van der Waals surface area contributed by atoms with E-state index in [9.17, 15) is 73.2 Å². The molecular weight excluding hydrogens is 1080 g/mol. The molecule has 4 aromatic rings. The van der Waals surface area contributed by atoms with Crippen LogP contribution in [-0.4, -0.2) is 252 Å². The molecule has 0 unspecified atom stereocenters. The van der Waals surface area contributed by atoms with Crippen LogP contribution in [0.4, 0.5) is 11.4 Å². The van der Waals surface area contributed by atoms with Crippen LogP contribution in [0, 0.1) is 13.8 Å². The monoisotopic (exact) mass is 1150 g/mol. The number of hydrogen-bond acceptors (Lipinski definition) is 21. The molecule has 0 aliphatic heterocycles. The van der Waals surface area contributed by atoms with Crippen molar-refractivity contribution in [3.8, 4) is 0 Å². The number of aromatic nitrogens is 2. The number of aromatic amines is 2. The van der Waals surface area contributed by atoms with E-state index in [-0.39, 0.29) is 147 Å². The molecule has 2 aromatic carbocycles. The second kappa shape index (κ2) is 36.8. The Morgan fingerprint density at radius 2 is 0.854 bits per heavy atom. The molecule has 2 heterocycles. The smallest absolute Gasteiger partial charge is 0.317 e. The van der Waals surface area contributed by atoms with Gasteiger partial charge in [-0.05, 0) is 56.2 Å². The van der Waals surface area contributed by atoms with E-state index in [0.717, 1.165) is 33.3 Å². The standard InChI is InChI=1S/C28H41N7O9.C25H35N5O8/c1-3-24(37)30-17-31-26(39)14-35(18-44-19-36)11-10-34(16-28(42)43)9-8-33(15-27(40)41)7-6-29-21-4-5-22-20(2)12-25(38)32-23(22)13-21;1-18-11-23(33)27-22-12-20(3-4-21(18)22)26-5-6-28(14-24(34)35)7-8-29(15-25(36)37)9-10-30(13-19(2)32)16-38-17-31/h4-5,12-13,19,29H,3,6-11,14-18H2,1-2H3,(H,30,37)(H,31,39)(H,32,38)(H,40,41)(H,42,43);3-4,11-12,17,26H,5-10,13-16H2,1-2H3,(H,27,33)(H,34,35)(H,36,37). The Balaban J connectivity index is 0.000000435. The number of aryl methyl sites for hydroxylation is 2. The van der Waals surface area contributed by atoms with Crippen LogP contribution < -0.4 is 32.4 Å². The van der Waals surface area contributed by atoms with Crippen molar-refractivity contribution in [2.45, 2.75) is 34.1 Å². The van der Waals surface area contributed by atoms with Crippen LogP contribution in [0.15, 0.2) is 58.1 Å². The van der Waals surface area contributed by atoms with Gasteiger partial charge in [0.2, 0.25) is 22.9 Å². The third-order valence-corrected chi connectivity index (χ3v) is 12.3. The highest BCUT2D eigenvalue weighted by atomic mass is 16.5. The van der Waals surface area contributed by atoms with E-state index < -0.39 is 29.8 Å². The van der Waals surface area contributed by atoms with Crippen molar-refractivity contribution in [2.24, 2.45) is 0 Å². The maximum absolute atomic E-state index is 12.3. The summed E-state index contributed by atoms with van der Waals surface area (Å²) >= 11 is 0. The van der Waals surface area contributed by atoms with Gasteiger partial charge in [0, 0.05) is 119 Å². The lowest BCUT2D eigenvalue weighted by Crippen LogP contribution is -2.47. The summed E-state index contributed by atoms with van der Waals surface area (Å²) in [6.45, 7) is 9.19. The van der Waals surface area contributed by atoms with Crippen LogP contribution in [0.25, 0.3) is 21.8 Å². The summed E-state index contributed by atoms with van der Waals surface area (Å²) in [5.41, 5.74) is 4.23. The molecule has 4 rings (SSSR count). The van der Waals surface area contributed by atoms with Crippen molar-refractivity contribution in [1.82, 2.24) is 50.0 Å². The summed E-state index contributed by atoms with van der Waals surface area (Å²) in [6.07, 6.45) is 0.266. The molecule has 0 aliphatic carbocycles. The lowest BCUT2D eigenvalue weighted by Gasteiger charge is -2.28. The molecule has 0 saturated carbocycles. The number of ether oxygens (including phenoxy) is 2. The fourth-order valence-corrected chi connectivity index (χ4v) is 8.37. The average Bonchev–Trinajstić information content (AvgIpc) is 3.57. The largest absolute Gasteiger partial charge is 0.480 e. The Bertz CT molecular complexity index is 2880. The molecular formula is C53H76N12O17. The third kappa shape index (κ3) is 27.7. The van der Waals surface area contributed by atoms with E-state index in [4.69, 9.17) is 9.47 Å². The topological polar surface area (TPSA) is 386 Å². The minimum atomic E-state index is -1.08. The maximum Gasteiger partial charge on any atom is 0.317 e. The number of rotatable bonds is 41. The van der Waals surface area contributed by atoms with Crippen molar-refractivity contribution < 1.29 is 73.1 Å². The molecule has 29 nitrogen and oxygen atoms in total. The molecule has 82 heavy (non-hydrogen) atoms. The Hall–Kier alpha value is -8.35. The highest BCUT2D eigenvalue weighted by molar-refractivity contribution is 5.86. The Labute approximate surface area is 472 Å². The predicted molar refractivity (Wildman–Crippen MR) is 301 cm³/mol. The number of amides is 2. The summed E-state index contributed by atoms with van der Waals surface area (Å²) in [5.74, 6) is -4.96. The first-order valence-corrected chi connectivity index (χ1v) is 26.2. The van der Waals surface area contributed by atoms with E-state index >= 15 is 0 Å². The molecule has 0 bridgehead atoms. The SMILES string of the molecule is CC(=O)CN(CCN(CCN(CCNc1ccc2c(C)cc(=O)[nH]c2c1)CC(=O)O)CC(=O)O)COC=O.CCC(=O)NCNC(=O)CN(CCN(CCN(CCNc1ccc2c(C)cc(=O)[nH]c2c1)CC(=O)O)CC(=O)O)COC=O. The number of carbonyl (C=O) groups is 9. The molecule has 0 fully saturated rings. The number of carboxylic acid groups (broad SMARTS) is 4. The third-order valence-electron chi connectivity index (χ3n) is 12.3. The van der Waals surface area contributed by atoms with Gasteiger partial charge in [-0.3, -0.25) is 82.1 Å². The summed E-state index contributed by atoms with van der Waals surface area (Å²) in [4.78, 5) is 141. The van der Waals surface area contributed by atoms with E-state index in [1.807, 2.05) is 44.2 Å². The van der Waals surface area contributed by atoms with Gasteiger partial charge in [0.05, 0.1) is 57.0 Å². The predicted octanol–water partition coefficient (Wildman–Crippen LogP) is -0.903.